The van der Waals surface area contributed by atoms with E-state index >= 15 is 0 Å². The van der Waals surface area contributed by atoms with Crippen molar-refractivity contribution in [2.75, 3.05) is 0 Å². The van der Waals surface area contributed by atoms with Crippen molar-refractivity contribution in [1.29, 1.82) is 0 Å². The second-order valence-corrected chi connectivity index (χ2v) is 2.04. The van der Waals surface area contributed by atoms with E-state index < -0.39 is 0 Å². The highest BCUT2D eigenvalue weighted by molar-refractivity contribution is 5.61. The first-order chi connectivity index (χ1) is 2.88. The first-order valence-corrected chi connectivity index (χ1v) is 2.27. The fourth-order valence-corrected chi connectivity index (χ4v) is 0.971. The van der Waals surface area contributed by atoms with Gasteiger partial charge in [0.15, 0.2) is 0 Å². The predicted molar refractivity (Wildman–Crippen MR) is 25.4 cm³/mol. The average Bonchev–Trinajstić information content (AvgIpc) is 2.12. The van der Waals surface area contributed by atoms with E-state index in [0.29, 0.717) is 0 Å². The Bertz CT molecular complexity index is 144. The zero-order valence-corrected chi connectivity index (χ0v) is 3.62. The van der Waals surface area contributed by atoms with Gasteiger partial charge in [0.25, 0.3) is 0 Å². The van der Waals surface area contributed by atoms with Crippen molar-refractivity contribution in [2.24, 2.45) is 0 Å². The van der Waals surface area contributed by atoms with Gasteiger partial charge in [-0.05, 0) is 24.0 Å². The van der Waals surface area contributed by atoms with Gasteiger partial charge in [0.05, 0.1) is 0 Å². The molecule has 0 amide bonds. The maximum atomic E-state index is 3.83. The van der Waals surface area contributed by atoms with Gasteiger partial charge in [-0.2, -0.15) is 0 Å². The molecule has 0 bridgehead atoms. The molecular formula is C6H6. The topological polar surface area (TPSA) is 0 Å². The van der Waals surface area contributed by atoms with Gasteiger partial charge in [-0.1, -0.05) is 12.2 Å². The third-order valence-electron chi connectivity index (χ3n) is 1.55. The standard InChI is InChI=1S/C6H6/c1-4-2-5-3-6(4)5/h1-3H2. The summed E-state index contributed by atoms with van der Waals surface area (Å²) in [4.78, 5) is 0. The van der Waals surface area contributed by atoms with Crippen LogP contribution in [0.1, 0.15) is 12.8 Å². The molecule has 0 aromatic heterocycles. The second-order valence-electron chi connectivity index (χ2n) is 2.04. The summed E-state index contributed by atoms with van der Waals surface area (Å²) in [5, 5.41) is 0. The van der Waals surface area contributed by atoms with Gasteiger partial charge in [0.2, 0.25) is 0 Å². The fourth-order valence-electron chi connectivity index (χ4n) is 0.971. The minimum atomic E-state index is 1.23. The summed E-state index contributed by atoms with van der Waals surface area (Å²) in [6.45, 7) is 3.83. The Hall–Kier alpha value is -0.520. The molecule has 2 aliphatic rings. The van der Waals surface area contributed by atoms with Gasteiger partial charge in [-0.15, -0.1) is 0 Å². The molecule has 0 saturated heterocycles. The Morgan fingerprint density at radius 3 is 2.17 bits per heavy atom. The fraction of sp³-hybridized carbons (Fsp3) is 0.333. The minimum Gasteiger partial charge on any atom is -0.0952 e. The molecule has 0 heteroatoms. The highest BCUT2D eigenvalue weighted by Crippen LogP contribution is 2.51. The third kappa shape index (κ3) is 0.118. The van der Waals surface area contributed by atoms with Gasteiger partial charge in [-0.3, -0.25) is 0 Å². The van der Waals surface area contributed by atoms with Crippen LogP contribution in [0.4, 0.5) is 0 Å². The molecule has 0 aliphatic heterocycles. The van der Waals surface area contributed by atoms with Gasteiger partial charge in [0, 0.05) is 0 Å². The van der Waals surface area contributed by atoms with E-state index in [-0.39, 0.29) is 0 Å². The molecule has 0 saturated carbocycles. The Morgan fingerprint density at radius 2 is 2.17 bits per heavy atom. The van der Waals surface area contributed by atoms with Gasteiger partial charge in [-0.25, -0.2) is 0 Å². The quantitative estimate of drug-likeness (QED) is 0.413. The summed E-state index contributed by atoms with van der Waals surface area (Å²) in [5.74, 6) is 0. The lowest BCUT2D eigenvalue weighted by molar-refractivity contribution is 1.20. The van der Waals surface area contributed by atoms with Crippen molar-refractivity contribution < 1.29 is 0 Å². The Kier molecular flexibility index (Phi) is 0.216. The van der Waals surface area contributed by atoms with Crippen molar-refractivity contribution in [2.45, 2.75) is 12.8 Å². The van der Waals surface area contributed by atoms with E-state index in [1.54, 1.807) is 11.1 Å². The van der Waals surface area contributed by atoms with Gasteiger partial charge >= 0.3 is 0 Å². The molecule has 2 aliphatic carbocycles. The van der Waals surface area contributed by atoms with Crippen molar-refractivity contribution in [3.63, 3.8) is 0 Å². The average molecular weight is 78.1 g/mol. The number of hydrogen-bond acceptors (Lipinski definition) is 0. The summed E-state index contributed by atoms with van der Waals surface area (Å²) in [5.41, 5.74) is 4.64. The third-order valence-corrected chi connectivity index (χ3v) is 1.55. The van der Waals surface area contributed by atoms with Crippen molar-refractivity contribution >= 4 is 0 Å². The Balaban J connectivity index is 2.54. The van der Waals surface area contributed by atoms with Crippen LogP contribution in [0.25, 0.3) is 0 Å². The summed E-state index contributed by atoms with van der Waals surface area (Å²) in [6.07, 6.45) is 2.54. The van der Waals surface area contributed by atoms with Crippen LogP contribution in [0.15, 0.2) is 23.3 Å². The van der Waals surface area contributed by atoms with E-state index in [9.17, 15) is 0 Å². The van der Waals surface area contributed by atoms with E-state index in [4.69, 9.17) is 0 Å². The molecule has 0 spiro atoms. The zero-order chi connectivity index (χ0) is 4.15. The molecule has 0 nitrogen and oxygen atoms in total. The van der Waals surface area contributed by atoms with Gasteiger partial charge < -0.3 is 0 Å². The minimum absolute atomic E-state index is 1.23. The molecule has 0 fully saturated rings. The smallest absolute Gasteiger partial charge is 0.00553 e. The molecule has 0 radical (unpaired) electrons. The van der Waals surface area contributed by atoms with Crippen LogP contribution in [-0.4, -0.2) is 0 Å². The maximum absolute atomic E-state index is 3.83. The normalized spacial score (nSPS) is 26.3. The number of hydrogen-bond donors (Lipinski definition) is 0. The van der Waals surface area contributed by atoms with Crippen molar-refractivity contribution in [3.8, 4) is 0 Å². The molecule has 6 heavy (non-hydrogen) atoms. The van der Waals surface area contributed by atoms with Crippen LogP contribution >= 0.6 is 0 Å². The lowest BCUT2D eigenvalue weighted by Crippen LogP contribution is -1.79. The molecule has 0 atom stereocenters. The second kappa shape index (κ2) is 0.494. The molecule has 30 valence electrons. The monoisotopic (exact) mass is 78.0 g/mol. The van der Waals surface area contributed by atoms with Crippen LogP contribution < -0.4 is 0 Å². The SMILES string of the molecule is C=C1CC2=C1C2. The number of allylic oxidation sites excluding steroid dienone is 3. The van der Waals surface area contributed by atoms with Crippen molar-refractivity contribution in [1.82, 2.24) is 0 Å². The van der Waals surface area contributed by atoms with Crippen LogP contribution in [0.2, 0.25) is 0 Å². The Labute approximate surface area is 37.2 Å². The predicted octanol–water partition coefficient (Wildman–Crippen LogP) is 1.65. The van der Waals surface area contributed by atoms with Crippen LogP contribution in [0.5, 0.6) is 0 Å². The van der Waals surface area contributed by atoms with Gasteiger partial charge in [0.1, 0.15) is 0 Å². The lowest BCUT2D eigenvalue weighted by Gasteiger charge is -1.98. The molecule has 0 heterocycles. The summed E-state index contributed by atoms with van der Waals surface area (Å²) in [7, 11) is 0. The van der Waals surface area contributed by atoms with E-state index in [1.165, 1.54) is 18.4 Å². The maximum Gasteiger partial charge on any atom is -0.00553 e. The number of rotatable bonds is 0. The lowest BCUT2D eigenvalue weighted by atomic mass is 10.1. The van der Waals surface area contributed by atoms with Crippen LogP contribution in [-0.2, 0) is 0 Å². The molecular weight excluding hydrogens is 72.1 g/mol. The zero-order valence-electron chi connectivity index (χ0n) is 3.62. The largest absolute Gasteiger partial charge is 0.0952 e. The van der Waals surface area contributed by atoms with E-state index in [1.807, 2.05) is 0 Å². The van der Waals surface area contributed by atoms with E-state index in [0.717, 1.165) is 0 Å². The molecule has 0 aromatic rings. The molecule has 2 rings (SSSR count). The van der Waals surface area contributed by atoms with Crippen LogP contribution in [0.3, 0.4) is 0 Å². The first-order valence-electron chi connectivity index (χ1n) is 2.27. The summed E-state index contributed by atoms with van der Waals surface area (Å²) in [6, 6.07) is 0. The molecule has 0 aromatic carbocycles. The van der Waals surface area contributed by atoms with E-state index in [2.05, 4.69) is 6.58 Å². The highest BCUT2D eigenvalue weighted by atomic mass is 14.4. The highest BCUT2D eigenvalue weighted by Gasteiger charge is 2.32. The van der Waals surface area contributed by atoms with Crippen LogP contribution in [0, 0.1) is 0 Å². The summed E-state index contributed by atoms with van der Waals surface area (Å²) >= 11 is 0. The first kappa shape index (κ1) is 2.62. The van der Waals surface area contributed by atoms with Crippen molar-refractivity contribution in [3.05, 3.63) is 23.3 Å². The molecule has 0 N–H and O–H groups in total. The summed E-state index contributed by atoms with van der Waals surface area (Å²) < 4.78 is 0. The Morgan fingerprint density at radius 1 is 1.33 bits per heavy atom. The molecule has 0 unspecified atom stereocenters.